The zero-order chi connectivity index (χ0) is 15.5. The van der Waals surface area contributed by atoms with Crippen molar-refractivity contribution in [3.8, 4) is 0 Å². The van der Waals surface area contributed by atoms with E-state index in [-0.39, 0.29) is 6.04 Å². The third kappa shape index (κ3) is 4.45. The molecule has 1 aromatic carbocycles. The highest BCUT2D eigenvalue weighted by atomic mass is 19.4. The number of nitrogens with zero attached hydrogens (tertiary/aromatic N) is 1. The molecule has 1 aliphatic rings. The Labute approximate surface area is 124 Å². The molecule has 1 fully saturated rings. The van der Waals surface area contributed by atoms with Gasteiger partial charge >= 0.3 is 6.18 Å². The van der Waals surface area contributed by atoms with Crippen LogP contribution in [0.25, 0.3) is 0 Å². The van der Waals surface area contributed by atoms with E-state index in [4.69, 9.17) is 0 Å². The molecule has 1 saturated heterocycles. The van der Waals surface area contributed by atoms with Crippen molar-refractivity contribution >= 4 is 0 Å². The third-order valence-corrected chi connectivity index (χ3v) is 4.15. The Kier molecular flexibility index (Phi) is 5.27. The molecular formula is C16H23F3N2. The molecule has 21 heavy (non-hydrogen) atoms. The normalized spacial score (nSPS) is 22.2. The molecule has 1 N–H and O–H groups in total. The van der Waals surface area contributed by atoms with E-state index >= 15 is 0 Å². The summed E-state index contributed by atoms with van der Waals surface area (Å²) in [5.41, 5.74) is 0.117. The number of halogens is 3. The number of alkyl halides is 3. The average Bonchev–Trinajstić information content (AvgIpc) is 2.46. The van der Waals surface area contributed by atoms with E-state index in [9.17, 15) is 13.2 Å². The lowest BCUT2D eigenvalue weighted by Crippen LogP contribution is -2.46. The number of nitrogens with one attached hydrogen (secondary N) is 1. The second-order valence-corrected chi connectivity index (χ2v) is 5.74. The minimum atomic E-state index is -4.28. The van der Waals surface area contributed by atoms with Crippen LogP contribution in [0.2, 0.25) is 0 Å². The van der Waals surface area contributed by atoms with E-state index < -0.39 is 11.7 Å². The van der Waals surface area contributed by atoms with Crippen LogP contribution in [0, 0.1) is 0 Å². The summed E-state index contributed by atoms with van der Waals surface area (Å²) in [6.45, 7) is 7.18. The third-order valence-electron chi connectivity index (χ3n) is 4.15. The first-order chi connectivity index (χ1) is 9.90. The van der Waals surface area contributed by atoms with Crippen molar-refractivity contribution in [2.75, 3.05) is 19.6 Å². The number of piperidine rings is 1. The number of hydrogen-bond donors (Lipinski definition) is 1. The number of rotatable bonds is 4. The number of benzene rings is 1. The van der Waals surface area contributed by atoms with Gasteiger partial charge in [-0.2, -0.15) is 13.2 Å². The van der Waals surface area contributed by atoms with Crippen LogP contribution in [-0.2, 0) is 6.18 Å². The van der Waals surface area contributed by atoms with Gasteiger partial charge in [-0.25, -0.2) is 0 Å². The summed E-state index contributed by atoms with van der Waals surface area (Å²) in [4.78, 5) is 2.38. The molecule has 0 saturated carbocycles. The van der Waals surface area contributed by atoms with Gasteiger partial charge in [0, 0.05) is 18.6 Å². The standard InChI is InChI=1S/C16H23F3N2/c1-3-21-9-5-8-15(11-21)20-12(2)13-6-4-7-14(10-13)16(17,18)19/h4,6-7,10,12,15,20H,3,5,8-9,11H2,1-2H3. The molecule has 2 atom stereocenters. The molecule has 1 aromatic rings. The Morgan fingerprint density at radius 3 is 2.81 bits per heavy atom. The molecule has 0 bridgehead atoms. The van der Waals surface area contributed by atoms with Crippen LogP contribution in [0.4, 0.5) is 13.2 Å². The number of likely N-dealkylation sites (N-methyl/N-ethyl adjacent to an activating group) is 1. The minimum absolute atomic E-state index is 0.0749. The van der Waals surface area contributed by atoms with Crippen LogP contribution in [0.15, 0.2) is 24.3 Å². The molecule has 2 unspecified atom stereocenters. The lowest BCUT2D eigenvalue weighted by molar-refractivity contribution is -0.137. The second-order valence-electron chi connectivity index (χ2n) is 5.74. The highest BCUT2D eigenvalue weighted by molar-refractivity contribution is 5.27. The van der Waals surface area contributed by atoms with E-state index in [0.717, 1.165) is 38.5 Å². The highest BCUT2D eigenvalue weighted by Gasteiger charge is 2.31. The zero-order valence-electron chi connectivity index (χ0n) is 12.6. The van der Waals surface area contributed by atoms with Gasteiger partial charge in [-0.1, -0.05) is 19.1 Å². The van der Waals surface area contributed by atoms with Gasteiger partial charge in [0.05, 0.1) is 5.56 Å². The summed E-state index contributed by atoms with van der Waals surface area (Å²) in [6.07, 6.45) is -2.06. The zero-order valence-corrected chi connectivity index (χ0v) is 12.6. The second kappa shape index (κ2) is 6.79. The molecule has 118 valence electrons. The minimum Gasteiger partial charge on any atom is -0.306 e. The van der Waals surface area contributed by atoms with Crippen LogP contribution in [0.3, 0.4) is 0 Å². The largest absolute Gasteiger partial charge is 0.416 e. The van der Waals surface area contributed by atoms with Crippen molar-refractivity contribution in [1.82, 2.24) is 10.2 Å². The predicted octanol–water partition coefficient (Wildman–Crippen LogP) is 3.84. The van der Waals surface area contributed by atoms with Crippen LogP contribution in [-0.4, -0.2) is 30.6 Å². The summed E-state index contributed by atoms with van der Waals surface area (Å²) < 4.78 is 38.3. The first-order valence-corrected chi connectivity index (χ1v) is 7.55. The quantitative estimate of drug-likeness (QED) is 0.909. The molecular weight excluding hydrogens is 277 g/mol. The first kappa shape index (κ1) is 16.3. The van der Waals surface area contributed by atoms with E-state index in [1.807, 2.05) is 6.92 Å². The molecule has 0 spiro atoms. The van der Waals surface area contributed by atoms with E-state index in [2.05, 4.69) is 17.1 Å². The SMILES string of the molecule is CCN1CCCC(NC(C)c2cccc(C(F)(F)F)c2)C1. The van der Waals surface area contributed by atoms with Gasteiger partial charge < -0.3 is 10.2 Å². The van der Waals surface area contributed by atoms with Crippen LogP contribution in [0.5, 0.6) is 0 Å². The van der Waals surface area contributed by atoms with E-state index in [1.54, 1.807) is 6.07 Å². The number of hydrogen-bond acceptors (Lipinski definition) is 2. The monoisotopic (exact) mass is 300 g/mol. The van der Waals surface area contributed by atoms with Gasteiger partial charge in [-0.15, -0.1) is 0 Å². The van der Waals surface area contributed by atoms with Crippen molar-refractivity contribution in [1.29, 1.82) is 0 Å². The van der Waals surface area contributed by atoms with Crippen molar-refractivity contribution in [3.05, 3.63) is 35.4 Å². The number of likely N-dealkylation sites (tertiary alicyclic amines) is 1. The molecule has 5 heteroatoms. The van der Waals surface area contributed by atoms with E-state index in [0.29, 0.717) is 11.6 Å². The van der Waals surface area contributed by atoms with E-state index in [1.165, 1.54) is 12.1 Å². The average molecular weight is 300 g/mol. The highest BCUT2D eigenvalue weighted by Crippen LogP contribution is 2.30. The molecule has 0 aliphatic carbocycles. The molecule has 2 nitrogen and oxygen atoms in total. The Morgan fingerprint density at radius 1 is 1.38 bits per heavy atom. The topological polar surface area (TPSA) is 15.3 Å². The molecule has 0 aromatic heterocycles. The molecule has 2 rings (SSSR count). The summed E-state index contributed by atoms with van der Waals surface area (Å²) in [5, 5.41) is 3.47. The Hall–Kier alpha value is -1.07. The van der Waals surface area contributed by atoms with Crippen LogP contribution in [0.1, 0.15) is 43.9 Å². The molecule has 0 radical (unpaired) electrons. The van der Waals surface area contributed by atoms with Gasteiger partial charge in [0.2, 0.25) is 0 Å². The summed E-state index contributed by atoms with van der Waals surface area (Å²) in [7, 11) is 0. The van der Waals surface area contributed by atoms with Gasteiger partial charge in [-0.05, 0) is 50.6 Å². The Balaban J connectivity index is 2.01. The van der Waals surface area contributed by atoms with Crippen molar-refractivity contribution in [3.63, 3.8) is 0 Å². The van der Waals surface area contributed by atoms with Crippen LogP contribution >= 0.6 is 0 Å². The predicted molar refractivity (Wildman–Crippen MR) is 78.1 cm³/mol. The first-order valence-electron chi connectivity index (χ1n) is 7.55. The van der Waals surface area contributed by atoms with Crippen molar-refractivity contribution in [2.24, 2.45) is 0 Å². The summed E-state index contributed by atoms with van der Waals surface area (Å²) >= 11 is 0. The lowest BCUT2D eigenvalue weighted by Gasteiger charge is -2.34. The van der Waals surface area contributed by atoms with Gasteiger partial charge in [0.15, 0.2) is 0 Å². The summed E-state index contributed by atoms with van der Waals surface area (Å²) in [6, 6.07) is 5.88. The lowest BCUT2D eigenvalue weighted by atomic mass is 10.0. The van der Waals surface area contributed by atoms with Crippen molar-refractivity contribution in [2.45, 2.75) is 44.9 Å². The maximum absolute atomic E-state index is 12.8. The van der Waals surface area contributed by atoms with Gasteiger partial charge in [0.1, 0.15) is 0 Å². The van der Waals surface area contributed by atoms with Crippen molar-refractivity contribution < 1.29 is 13.2 Å². The fourth-order valence-electron chi connectivity index (χ4n) is 2.91. The Morgan fingerprint density at radius 2 is 2.14 bits per heavy atom. The van der Waals surface area contributed by atoms with Gasteiger partial charge in [0.25, 0.3) is 0 Å². The maximum Gasteiger partial charge on any atom is 0.416 e. The fraction of sp³-hybridized carbons (Fsp3) is 0.625. The molecule has 0 amide bonds. The van der Waals surface area contributed by atoms with Gasteiger partial charge in [-0.3, -0.25) is 0 Å². The summed E-state index contributed by atoms with van der Waals surface area (Å²) in [5.74, 6) is 0. The van der Waals surface area contributed by atoms with Crippen LogP contribution < -0.4 is 5.32 Å². The Bertz CT molecular complexity index is 459. The maximum atomic E-state index is 12.8. The fourth-order valence-corrected chi connectivity index (χ4v) is 2.91. The molecule has 1 aliphatic heterocycles. The molecule has 1 heterocycles. The smallest absolute Gasteiger partial charge is 0.306 e.